The molecule has 8 heteroatoms. The van der Waals surface area contributed by atoms with Gasteiger partial charge in [-0.3, -0.25) is 0 Å². The Kier molecular flexibility index (Phi) is 5.44. The van der Waals surface area contributed by atoms with Crippen LogP contribution in [-0.4, -0.2) is 33.0 Å². The number of ether oxygens (including phenoxy) is 1. The summed E-state index contributed by atoms with van der Waals surface area (Å²) in [6, 6.07) is 10.8. The molecule has 0 saturated heterocycles. The highest BCUT2D eigenvalue weighted by Crippen LogP contribution is 2.27. The SMILES string of the molecule is CCOC(=O)c1ccc2c(c1)c([Si](C)(C)C)c(F)n2S(=O)(=O)c1ccc(C)cc1. The van der Waals surface area contributed by atoms with Gasteiger partial charge in [0.25, 0.3) is 10.0 Å². The Bertz CT molecular complexity index is 1190. The number of aryl methyl sites for hydroxylation is 1. The molecule has 3 rings (SSSR count). The standard InChI is InChI=1S/C21H24FNO4SSi/c1-6-27-21(24)15-9-12-18-17(13-15)19(29(3,4)5)20(22)23(18)28(25,26)16-10-7-14(2)8-11-16/h7-13H,6H2,1-5H3. The van der Waals surface area contributed by atoms with Gasteiger partial charge in [0.2, 0.25) is 5.95 Å². The number of fused-ring (bicyclic) bond motifs is 1. The van der Waals surface area contributed by atoms with Crippen molar-refractivity contribution in [3.05, 3.63) is 59.5 Å². The Morgan fingerprint density at radius 2 is 1.72 bits per heavy atom. The zero-order chi connectivity index (χ0) is 21.6. The average molecular weight is 434 g/mol. The molecular formula is C21H24FNO4SSi. The van der Waals surface area contributed by atoms with Crippen molar-refractivity contribution in [2.75, 3.05) is 6.61 Å². The van der Waals surface area contributed by atoms with Crippen LogP contribution >= 0.6 is 0 Å². The second-order valence-electron chi connectivity index (χ2n) is 7.95. The van der Waals surface area contributed by atoms with Gasteiger partial charge in [0.15, 0.2) is 0 Å². The molecule has 1 heterocycles. The lowest BCUT2D eigenvalue weighted by Gasteiger charge is -2.15. The van der Waals surface area contributed by atoms with E-state index in [-0.39, 0.29) is 22.6 Å². The van der Waals surface area contributed by atoms with E-state index < -0.39 is 30.0 Å². The molecule has 0 bridgehead atoms. The minimum absolute atomic E-state index is 0.00972. The van der Waals surface area contributed by atoms with Gasteiger partial charge in [-0.25, -0.2) is 17.2 Å². The van der Waals surface area contributed by atoms with Crippen LogP contribution in [0.15, 0.2) is 47.4 Å². The number of aromatic nitrogens is 1. The normalized spacial score (nSPS) is 12.3. The van der Waals surface area contributed by atoms with Gasteiger partial charge in [0.05, 0.1) is 30.7 Å². The van der Waals surface area contributed by atoms with Crippen LogP contribution in [0, 0.1) is 12.9 Å². The zero-order valence-corrected chi connectivity index (χ0v) is 18.9. The van der Waals surface area contributed by atoms with Crippen LogP contribution in [0.3, 0.4) is 0 Å². The number of carbonyl (C=O) groups excluding carboxylic acids is 1. The van der Waals surface area contributed by atoms with E-state index in [0.717, 1.165) is 9.54 Å². The topological polar surface area (TPSA) is 65.4 Å². The maximum Gasteiger partial charge on any atom is 0.338 e. The van der Waals surface area contributed by atoms with E-state index in [0.29, 0.717) is 10.6 Å². The fourth-order valence-electron chi connectivity index (χ4n) is 3.34. The number of hydrogen-bond acceptors (Lipinski definition) is 4. The molecule has 0 aliphatic heterocycles. The van der Waals surface area contributed by atoms with Gasteiger partial charge >= 0.3 is 5.97 Å². The van der Waals surface area contributed by atoms with Crippen molar-refractivity contribution in [1.29, 1.82) is 0 Å². The van der Waals surface area contributed by atoms with Crippen LogP contribution in [0.25, 0.3) is 10.9 Å². The van der Waals surface area contributed by atoms with Gasteiger partial charge in [-0.2, -0.15) is 4.39 Å². The summed E-state index contributed by atoms with van der Waals surface area (Å²) >= 11 is 0. The molecule has 0 saturated carbocycles. The minimum atomic E-state index is -4.15. The molecule has 154 valence electrons. The number of halogens is 1. The molecular weight excluding hydrogens is 409 g/mol. The van der Waals surface area contributed by atoms with Crippen LogP contribution in [0.4, 0.5) is 4.39 Å². The van der Waals surface area contributed by atoms with E-state index in [1.165, 1.54) is 30.3 Å². The first-order valence-corrected chi connectivity index (χ1v) is 14.3. The molecule has 0 N–H and O–H groups in total. The third-order valence-corrected chi connectivity index (χ3v) is 8.37. The summed E-state index contributed by atoms with van der Waals surface area (Å²) in [5.74, 6) is -1.31. The van der Waals surface area contributed by atoms with Crippen LogP contribution in [-0.2, 0) is 14.8 Å². The number of hydrogen-bond donors (Lipinski definition) is 0. The van der Waals surface area contributed by atoms with Crippen LogP contribution in [0.2, 0.25) is 19.6 Å². The van der Waals surface area contributed by atoms with Crippen molar-refractivity contribution in [1.82, 2.24) is 3.97 Å². The Balaban J connectivity index is 2.35. The maximum atomic E-state index is 15.6. The van der Waals surface area contributed by atoms with Crippen LogP contribution in [0.1, 0.15) is 22.8 Å². The van der Waals surface area contributed by atoms with Crippen molar-refractivity contribution in [2.24, 2.45) is 0 Å². The summed E-state index contributed by atoms with van der Waals surface area (Å²) in [5, 5.41) is 0.803. The van der Waals surface area contributed by atoms with E-state index >= 15 is 4.39 Å². The molecule has 0 atom stereocenters. The Hall–Kier alpha value is -2.45. The lowest BCUT2D eigenvalue weighted by atomic mass is 10.1. The van der Waals surface area contributed by atoms with Crippen molar-refractivity contribution < 1.29 is 22.3 Å². The number of nitrogens with zero attached hydrogens (tertiary/aromatic N) is 1. The van der Waals surface area contributed by atoms with Gasteiger partial charge < -0.3 is 4.74 Å². The molecule has 3 aromatic rings. The molecule has 5 nitrogen and oxygen atoms in total. The predicted molar refractivity (Wildman–Crippen MR) is 115 cm³/mol. The Morgan fingerprint density at radius 1 is 1.10 bits per heavy atom. The molecule has 0 unspecified atom stereocenters. The highest BCUT2D eigenvalue weighted by molar-refractivity contribution is 7.90. The average Bonchev–Trinajstić information content (AvgIpc) is 2.93. The van der Waals surface area contributed by atoms with Crippen molar-refractivity contribution in [3.63, 3.8) is 0 Å². The minimum Gasteiger partial charge on any atom is -0.462 e. The van der Waals surface area contributed by atoms with E-state index in [1.807, 2.05) is 26.6 Å². The Labute approximate surface area is 171 Å². The Morgan fingerprint density at radius 3 is 2.28 bits per heavy atom. The molecule has 1 aromatic heterocycles. The largest absolute Gasteiger partial charge is 0.462 e. The first kappa shape index (κ1) is 21.3. The number of esters is 1. The van der Waals surface area contributed by atoms with Gasteiger partial charge in [-0.05, 0) is 44.2 Å². The fourth-order valence-corrected chi connectivity index (χ4v) is 6.57. The molecule has 0 amide bonds. The van der Waals surface area contributed by atoms with Gasteiger partial charge in [-0.1, -0.05) is 37.3 Å². The summed E-state index contributed by atoms with van der Waals surface area (Å²) in [6.07, 6.45) is 0. The molecule has 0 spiro atoms. The smallest absolute Gasteiger partial charge is 0.338 e. The number of rotatable bonds is 5. The molecule has 0 aliphatic rings. The van der Waals surface area contributed by atoms with Crippen molar-refractivity contribution >= 4 is 40.2 Å². The highest BCUT2D eigenvalue weighted by atomic mass is 32.2. The number of benzene rings is 2. The fraction of sp³-hybridized carbons (Fsp3) is 0.286. The first-order chi connectivity index (χ1) is 13.5. The van der Waals surface area contributed by atoms with E-state index in [4.69, 9.17) is 4.74 Å². The van der Waals surface area contributed by atoms with Crippen LogP contribution in [0.5, 0.6) is 0 Å². The summed E-state index contributed by atoms with van der Waals surface area (Å²) in [4.78, 5) is 12.2. The van der Waals surface area contributed by atoms with Gasteiger partial charge in [-0.15, -0.1) is 0 Å². The van der Waals surface area contributed by atoms with Crippen molar-refractivity contribution in [2.45, 2.75) is 38.4 Å². The highest BCUT2D eigenvalue weighted by Gasteiger charge is 2.33. The summed E-state index contributed by atoms with van der Waals surface area (Å²) in [5.41, 5.74) is 1.39. The second kappa shape index (κ2) is 7.42. The molecule has 0 radical (unpaired) electrons. The number of carbonyl (C=O) groups is 1. The molecule has 2 aromatic carbocycles. The molecule has 29 heavy (non-hydrogen) atoms. The third-order valence-electron chi connectivity index (χ3n) is 4.69. The van der Waals surface area contributed by atoms with E-state index in [2.05, 4.69) is 0 Å². The lowest BCUT2D eigenvalue weighted by Crippen LogP contribution is -2.40. The monoisotopic (exact) mass is 433 g/mol. The quantitative estimate of drug-likeness (QED) is 0.450. The first-order valence-electron chi connectivity index (χ1n) is 9.32. The molecule has 0 aliphatic carbocycles. The summed E-state index contributed by atoms with van der Waals surface area (Å²) < 4.78 is 48.0. The van der Waals surface area contributed by atoms with Gasteiger partial charge in [0.1, 0.15) is 0 Å². The second-order valence-corrected chi connectivity index (χ2v) is 14.7. The van der Waals surface area contributed by atoms with Crippen molar-refractivity contribution in [3.8, 4) is 0 Å². The van der Waals surface area contributed by atoms with E-state index in [9.17, 15) is 13.2 Å². The zero-order valence-electron chi connectivity index (χ0n) is 17.1. The molecule has 0 fully saturated rings. The van der Waals surface area contributed by atoms with Gasteiger partial charge in [0, 0.05) is 10.6 Å². The van der Waals surface area contributed by atoms with Crippen LogP contribution < -0.4 is 5.19 Å². The summed E-state index contributed by atoms with van der Waals surface area (Å²) in [7, 11) is -6.45. The summed E-state index contributed by atoms with van der Waals surface area (Å²) in [6.45, 7) is 9.57. The third kappa shape index (κ3) is 3.74. The lowest BCUT2D eigenvalue weighted by molar-refractivity contribution is 0.0526. The predicted octanol–water partition coefficient (Wildman–Crippen LogP) is 4.05. The van der Waals surface area contributed by atoms with E-state index in [1.54, 1.807) is 19.1 Å². The maximum absolute atomic E-state index is 15.6.